The summed E-state index contributed by atoms with van der Waals surface area (Å²) in [6.07, 6.45) is 5.62. The lowest BCUT2D eigenvalue weighted by Crippen LogP contribution is -2.23. The van der Waals surface area contributed by atoms with Crippen molar-refractivity contribution in [3.8, 4) is 0 Å². The number of aryl methyl sites for hydroxylation is 1. The number of hydrogen-bond donors (Lipinski definition) is 1. The maximum absolute atomic E-state index is 5.21. The third kappa shape index (κ3) is 3.93. The Balaban J connectivity index is 1.66. The molecule has 4 heteroatoms. The molecule has 1 aliphatic rings. The number of rotatable bonds is 7. The van der Waals surface area contributed by atoms with Gasteiger partial charge in [0.2, 0.25) is 5.89 Å². The molecule has 0 saturated heterocycles. The van der Waals surface area contributed by atoms with Gasteiger partial charge in [-0.25, -0.2) is 0 Å². The maximum atomic E-state index is 5.21. The maximum Gasteiger partial charge on any atom is 0.226 e. The van der Waals surface area contributed by atoms with E-state index in [-0.39, 0.29) is 0 Å². The standard InChI is InChI=1S/C12H21N3O/c1-9(2)13-7-3-4-12-14-11(15-16-12)8-10-5-6-10/h9-10,13H,3-8H2,1-2H3. The van der Waals surface area contributed by atoms with Crippen LogP contribution in [0.15, 0.2) is 4.52 Å². The third-order valence-electron chi connectivity index (χ3n) is 2.80. The quantitative estimate of drug-likeness (QED) is 0.718. The van der Waals surface area contributed by atoms with Crippen LogP contribution in [-0.2, 0) is 12.8 Å². The van der Waals surface area contributed by atoms with Gasteiger partial charge in [0, 0.05) is 18.9 Å². The van der Waals surface area contributed by atoms with Gasteiger partial charge in [-0.15, -0.1) is 0 Å². The Hall–Kier alpha value is -0.900. The zero-order chi connectivity index (χ0) is 11.4. The molecular formula is C12H21N3O. The summed E-state index contributed by atoms with van der Waals surface area (Å²) >= 11 is 0. The molecule has 0 spiro atoms. The van der Waals surface area contributed by atoms with Crippen LogP contribution >= 0.6 is 0 Å². The van der Waals surface area contributed by atoms with Gasteiger partial charge in [0.25, 0.3) is 0 Å². The molecule has 1 aromatic heterocycles. The van der Waals surface area contributed by atoms with Crippen molar-refractivity contribution in [2.75, 3.05) is 6.54 Å². The number of aromatic nitrogens is 2. The smallest absolute Gasteiger partial charge is 0.226 e. The monoisotopic (exact) mass is 223 g/mol. The Morgan fingerprint density at radius 1 is 1.44 bits per heavy atom. The number of nitrogens with one attached hydrogen (secondary N) is 1. The number of nitrogens with zero attached hydrogens (tertiary/aromatic N) is 2. The lowest BCUT2D eigenvalue weighted by Gasteiger charge is -2.05. The van der Waals surface area contributed by atoms with Gasteiger partial charge in [0.05, 0.1) is 0 Å². The van der Waals surface area contributed by atoms with E-state index in [1.54, 1.807) is 0 Å². The zero-order valence-corrected chi connectivity index (χ0v) is 10.2. The van der Waals surface area contributed by atoms with E-state index in [1.807, 2.05) is 0 Å². The Bertz CT molecular complexity index is 318. The van der Waals surface area contributed by atoms with Crippen LogP contribution in [0.3, 0.4) is 0 Å². The summed E-state index contributed by atoms with van der Waals surface area (Å²) in [5.41, 5.74) is 0. The molecule has 2 rings (SSSR count). The van der Waals surface area contributed by atoms with E-state index in [0.717, 1.165) is 43.4 Å². The van der Waals surface area contributed by atoms with Crippen LogP contribution in [0.2, 0.25) is 0 Å². The molecule has 0 aromatic carbocycles. The molecule has 1 fully saturated rings. The first-order valence-electron chi connectivity index (χ1n) is 6.29. The summed E-state index contributed by atoms with van der Waals surface area (Å²) in [4.78, 5) is 4.40. The SMILES string of the molecule is CC(C)NCCCc1nc(CC2CC2)no1. The summed E-state index contributed by atoms with van der Waals surface area (Å²) in [7, 11) is 0. The van der Waals surface area contributed by atoms with E-state index in [2.05, 4.69) is 29.3 Å². The van der Waals surface area contributed by atoms with Crippen molar-refractivity contribution >= 4 is 0 Å². The fourth-order valence-electron chi connectivity index (χ4n) is 1.69. The molecule has 1 saturated carbocycles. The Morgan fingerprint density at radius 2 is 2.25 bits per heavy atom. The molecule has 0 radical (unpaired) electrons. The molecule has 1 aromatic rings. The van der Waals surface area contributed by atoms with Crippen LogP contribution in [0.4, 0.5) is 0 Å². The predicted molar refractivity (Wildman–Crippen MR) is 62.2 cm³/mol. The summed E-state index contributed by atoms with van der Waals surface area (Å²) < 4.78 is 5.21. The second kappa shape index (κ2) is 5.43. The van der Waals surface area contributed by atoms with Crippen molar-refractivity contribution in [3.63, 3.8) is 0 Å². The van der Waals surface area contributed by atoms with Gasteiger partial charge in [-0.05, 0) is 31.7 Å². The van der Waals surface area contributed by atoms with E-state index in [4.69, 9.17) is 4.52 Å². The Morgan fingerprint density at radius 3 is 2.94 bits per heavy atom. The molecule has 0 atom stereocenters. The van der Waals surface area contributed by atoms with Gasteiger partial charge in [-0.2, -0.15) is 4.98 Å². The first-order chi connectivity index (χ1) is 7.74. The van der Waals surface area contributed by atoms with E-state index >= 15 is 0 Å². The van der Waals surface area contributed by atoms with Gasteiger partial charge in [-0.3, -0.25) is 0 Å². The average Bonchev–Trinajstić information content (AvgIpc) is 2.92. The summed E-state index contributed by atoms with van der Waals surface area (Å²) in [5, 5.41) is 7.38. The second-order valence-electron chi connectivity index (χ2n) is 4.96. The van der Waals surface area contributed by atoms with Gasteiger partial charge >= 0.3 is 0 Å². The van der Waals surface area contributed by atoms with Crippen LogP contribution < -0.4 is 5.32 Å². The average molecular weight is 223 g/mol. The molecule has 16 heavy (non-hydrogen) atoms. The summed E-state index contributed by atoms with van der Waals surface area (Å²) in [6.45, 7) is 5.32. The number of hydrogen-bond acceptors (Lipinski definition) is 4. The summed E-state index contributed by atoms with van der Waals surface area (Å²) in [6, 6.07) is 0.549. The highest BCUT2D eigenvalue weighted by Crippen LogP contribution is 2.31. The van der Waals surface area contributed by atoms with Gasteiger partial charge in [-0.1, -0.05) is 19.0 Å². The van der Waals surface area contributed by atoms with Crippen LogP contribution in [0.25, 0.3) is 0 Å². The molecule has 4 nitrogen and oxygen atoms in total. The minimum atomic E-state index is 0.549. The molecule has 0 aliphatic heterocycles. The molecular weight excluding hydrogens is 202 g/mol. The van der Waals surface area contributed by atoms with E-state index < -0.39 is 0 Å². The van der Waals surface area contributed by atoms with Crippen LogP contribution in [-0.4, -0.2) is 22.7 Å². The molecule has 1 heterocycles. The fraction of sp³-hybridized carbons (Fsp3) is 0.833. The van der Waals surface area contributed by atoms with Crippen molar-refractivity contribution in [1.29, 1.82) is 0 Å². The van der Waals surface area contributed by atoms with Gasteiger partial charge in [0.1, 0.15) is 0 Å². The molecule has 1 aliphatic carbocycles. The Kier molecular flexibility index (Phi) is 3.93. The summed E-state index contributed by atoms with van der Waals surface area (Å²) in [5.74, 6) is 2.52. The topological polar surface area (TPSA) is 51.0 Å². The van der Waals surface area contributed by atoms with E-state index in [9.17, 15) is 0 Å². The van der Waals surface area contributed by atoms with Crippen molar-refractivity contribution in [2.24, 2.45) is 5.92 Å². The highest BCUT2D eigenvalue weighted by atomic mass is 16.5. The second-order valence-corrected chi connectivity index (χ2v) is 4.96. The fourth-order valence-corrected chi connectivity index (χ4v) is 1.69. The van der Waals surface area contributed by atoms with Crippen LogP contribution in [0, 0.1) is 5.92 Å². The molecule has 90 valence electrons. The first kappa shape index (κ1) is 11.6. The van der Waals surface area contributed by atoms with Crippen LogP contribution in [0.1, 0.15) is 44.8 Å². The largest absolute Gasteiger partial charge is 0.339 e. The molecule has 1 N–H and O–H groups in total. The third-order valence-corrected chi connectivity index (χ3v) is 2.80. The van der Waals surface area contributed by atoms with Crippen molar-refractivity contribution in [3.05, 3.63) is 11.7 Å². The highest BCUT2D eigenvalue weighted by Gasteiger charge is 2.23. The molecule has 0 unspecified atom stereocenters. The van der Waals surface area contributed by atoms with Crippen molar-refractivity contribution in [2.45, 2.75) is 52.0 Å². The van der Waals surface area contributed by atoms with E-state index in [1.165, 1.54) is 12.8 Å². The van der Waals surface area contributed by atoms with E-state index in [0.29, 0.717) is 6.04 Å². The first-order valence-corrected chi connectivity index (χ1v) is 6.29. The van der Waals surface area contributed by atoms with Gasteiger partial charge < -0.3 is 9.84 Å². The Labute approximate surface area is 96.8 Å². The zero-order valence-electron chi connectivity index (χ0n) is 10.2. The minimum Gasteiger partial charge on any atom is -0.339 e. The van der Waals surface area contributed by atoms with Gasteiger partial charge in [0.15, 0.2) is 5.82 Å². The lowest BCUT2D eigenvalue weighted by molar-refractivity contribution is 0.368. The van der Waals surface area contributed by atoms with Crippen molar-refractivity contribution in [1.82, 2.24) is 15.5 Å². The minimum absolute atomic E-state index is 0.549. The normalized spacial score (nSPS) is 15.9. The van der Waals surface area contributed by atoms with Crippen LogP contribution in [0.5, 0.6) is 0 Å². The lowest BCUT2D eigenvalue weighted by atomic mass is 10.2. The molecule has 0 amide bonds. The van der Waals surface area contributed by atoms with Crippen molar-refractivity contribution < 1.29 is 4.52 Å². The highest BCUT2D eigenvalue weighted by molar-refractivity contribution is 4.92. The molecule has 0 bridgehead atoms. The predicted octanol–water partition coefficient (Wildman–Crippen LogP) is 1.95.